The molecule has 0 unspecified atom stereocenters. The number of para-hydroxylation sites is 1. The van der Waals surface area contributed by atoms with Gasteiger partial charge in [-0.3, -0.25) is 14.2 Å². The zero-order chi connectivity index (χ0) is 29.4. The van der Waals surface area contributed by atoms with Crippen LogP contribution in [0.3, 0.4) is 0 Å². The summed E-state index contributed by atoms with van der Waals surface area (Å²) in [4.78, 5) is 41.0. The number of anilines is 2. The van der Waals surface area contributed by atoms with Crippen molar-refractivity contribution >= 4 is 28.6 Å². The number of hydrogen-bond donors (Lipinski definition) is 4. The fourth-order valence-electron chi connectivity index (χ4n) is 4.13. The number of amides is 1. The van der Waals surface area contributed by atoms with Crippen molar-refractivity contribution < 1.29 is 14.6 Å². The number of pyridine rings is 1. The number of nitrogens with zero attached hydrogens (tertiary/aromatic N) is 5. The molecule has 0 saturated heterocycles. The molecular weight excluding hydrogens is 524 g/mol. The number of nitrogen functional groups attached to an aromatic ring is 2. The molecule has 0 aliphatic rings. The Hall–Kier alpha value is -5.36. The number of aliphatic hydroxyl groups is 1. The van der Waals surface area contributed by atoms with Gasteiger partial charge >= 0.3 is 0 Å². The molecule has 0 saturated carbocycles. The van der Waals surface area contributed by atoms with E-state index >= 15 is 0 Å². The topological polar surface area (TPSA) is 184 Å². The fourth-order valence-corrected chi connectivity index (χ4v) is 4.13. The second-order valence-corrected chi connectivity index (χ2v) is 8.65. The van der Waals surface area contributed by atoms with Crippen LogP contribution in [0.15, 0.2) is 77.9 Å². The van der Waals surface area contributed by atoms with Gasteiger partial charge in [-0.05, 0) is 35.4 Å². The second-order valence-electron chi connectivity index (χ2n) is 8.65. The summed E-state index contributed by atoms with van der Waals surface area (Å²) in [5.74, 6) is 0.847. The van der Waals surface area contributed by atoms with E-state index in [2.05, 4.69) is 20.3 Å². The smallest absolute Gasteiger partial charge is 0.266 e. The molecule has 0 spiro atoms. The van der Waals surface area contributed by atoms with Crippen molar-refractivity contribution in [2.24, 2.45) is 0 Å². The van der Waals surface area contributed by atoms with E-state index in [0.717, 1.165) is 22.6 Å². The molecule has 0 aliphatic heterocycles. The van der Waals surface area contributed by atoms with Crippen molar-refractivity contribution in [3.8, 4) is 22.7 Å². The number of benzene rings is 2. The van der Waals surface area contributed by atoms with Crippen molar-refractivity contribution in [1.29, 1.82) is 0 Å². The first kappa shape index (κ1) is 28.6. The highest BCUT2D eigenvalue weighted by molar-refractivity contribution is 5.98. The molecule has 2 aromatic carbocycles. The van der Waals surface area contributed by atoms with Gasteiger partial charge in [0.15, 0.2) is 0 Å². The lowest BCUT2D eigenvalue weighted by molar-refractivity contribution is 0.0945. The summed E-state index contributed by atoms with van der Waals surface area (Å²) in [7, 11) is 1.58. The molecular formula is C29H30N8O4. The van der Waals surface area contributed by atoms with Gasteiger partial charge in [0.25, 0.3) is 11.5 Å². The van der Waals surface area contributed by atoms with Gasteiger partial charge in [-0.15, -0.1) is 0 Å². The largest absolute Gasteiger partial charge is 0.481 e. The highest BCUT2D eigenvalue weighted by atomic mass is 16.5. The number of fused-ring (bicyclic) bond motifs is 1. The van der Waals surface area contributed by atoms with E-state index in [1.807, 2.05) is 67.6 Å². The first-order chi connectivity index (χ1) is 19.9. The summed E-state index contributed by atoms with van der Waals surface area (Å²) < 4.78 is 6.94. The van der Waals surface area contributed by atoms with E-state index in [4.69, 9.17) is 26.3 Å². The van der Waals surface area contributed by atoms with E-state index < -0.39 is 5.91 Å². The van der Waals surface area contributed by atoms with Crippen LogP contribution in [0.25, 0.3) is 27.7 Å². The quantitative estimate of drug-likeness (QED) is 0.233. The van der Waals surface area contributed by atoms with Gasteiger partial charge in [-0.2, -0.15) is 4.98 Å². The Morgan fingerprint density at radius 3 is 2.51 bits per heavy atom. The van der Waals surface area contributed by atoms with Crippen LogP contribution in [0.5, 0.6) is 5.88 Å². The van der Waals surface area contributed by atoms with Crippen molar-refractivity contribution in [3.63, 3.8) is 0 Å². The average Bonchev–Trinajstić information content (AvgIpc) is 3.00. The number of nitrogens with two attached hydrogens (primary N) is 2. The summed E-state index contributed by atoms with van der Waals surface area (Å²) in [5, 5.41) is 11.5. The van der Waals surface area contributed by atoms with Gasteiger partial charge < -0.3 is 26.6 Å². The Morgan fingerprint density at radius 1 is 1.05 bits per heavy atom. The van der Waals surface area contributed by atoms with Crippen LogP contribution in [0, 0.1) is 0 Å². The zero-order valence-electron chi connectivity index (χ0n) is 22.6. The minimum atomic E-state index is -0.434. The third-order valence-electron chi connectivity index (χ3n) is 6.03. The van der Waals surface area contributed by atoms with Crippen LogP contribution < -0.4 is 27.1 Å². The van der Waals surface area contributed by atoms with Gasteiger partial charge in [0.2, 0.25) is 11.8 Å². The summed E-state index contributed by atoms with van der Waals surface area (Å²) >= 11 is 0. The molecule has 6 N–H and O–H groups in total. The molecule has 41 heavy (non-hydrogen) atoms. The van der Waals surface area contributed by atoms with Crippen molar-refractivity contribution in [2.75, 3.05) is 31.7 Å². The molecule has 0 fully saturated rings. The zero-order valence-corrected chi connectivity index (χ0v) is 22.6. The third-order valence-corrected chi connectivity index (χ3v) is 6.03. The molecule has 0 aliphatic carbocycles. The maximum absolute atomic E-state index is 13.5. The number of aliphatic hydroxyl groups excluding tert-OH is 1. The predicted octanol–water partition coefficient (Wildman–Crippen LogP) is 2.38. The lowest BCUT2D eigenvalue weighted by Gasteiger charge is -2.14. The lowest BCUT2D eigenvalue weighted by atomic mass is 10.0. The summed E-state index contributed by atoms with van der Waals surface area (Å²) in [6, 6.07) is 19.1. The van der Waals surface area contributed by atoms with E-state index in [9.17, 15) is 9.59 Å². The molecule has 0 radical (unpaired) electrons. The molecule has 210 valence electrons. The van der Waals surface area contributed by atoms with Crippen LogP contribution in [0.1, 0.15) is 23.1 Å². The second kappa shape index (κ2) is 13.1. The van der Waals surface area contributed by atoms with Crippen molar-refractivity contribution in [2.45, 2.75) is 13.3 Å². The SMILES string of the molecule is CCc1nc2cccc(-c3ccnc(OC)c3)c2c(=O)n1-c1ccccc1.Nc1ncc(C(=O)NCCO)c(N)n1. The number of nitrogens with one attached hydrogen (secondary N) is 1. The van der Waals surface area contributed by atoms with Gasteiger partial charge in [-0.1, -0.05) is 37.3 Å². The molecule has 3 heterocycles. The Bertz CT molecular complexity index is 1720. The molecule has 5 rings (SSSR count). The average molecular weight is 555 g/mol. The number of ether oxygens (including phenoxy) is 1. The van der Waals surface area contributed by atoms with Crippen LogP contribution in [-0.4, -0.2) is 55.8 Å². The Balaban J connectivity index is 0.000000234. The molecule has 0 bridgehead atoms. The number of aromatic nitrogens is 5. The Kier molecular flexibility index (Phi) is 9.17. The van der Waals surface area contributed by atoms with Crippen molar-refractivity contribution in [3.05, 3.63) is 94.8 Å². The van der Waals surface area contributed by atoms with E-state index in [1.54, 1.807) is 17.9 Å². The van der Waals surface area contributed by atoms with Crippen LogP contribution in [-0.2, 0) is 6.42 Å². The normalized spacial score (nSPS) is 10.5. The minimum Gasteiger partial charge on any atom is -0.481 e. The van der Waals surface area contributed by atoms with Gasteiger partial charge in [0, 0.05) is 31.4 Å². The van der Waals surface area contributed by atoms with Crippen LogP contribution in [0.4, 0.5) is 11.8 Å². The maximum atomic E-state index is 13.5. The number of carbonyl (C=O) groups excluding carboxylic acids is 1. The maximum Gasteiger partial charge on any atom is 0.266 e. The van der Waals surface area contributed by atoms with E-state index in [0.29, 0.717) is 23.2 Å². The first-order valence-corrected chi connectivity index (χ1v) is 12.8. The first-order valence-electron chi connectivity index (χ1n) is 12.8. The Morgan fingerprint density at radius 2 is 1.83 bits per heavy atom. The summed E-state index contributed by atoms with van der Waals surface area (Å²) in [6.07, 6.45) is 3.58. The number of hydrogen-bond acceptors (Lipinski definition) is 10. The number of aryl methyl sites for hydroxylation is 1. The number of methoxy groups -OCH3 is 1. The highest BCUT2D eigenvalue weighted by Crippen LogP contribution is 2.28. The molecule has 12 nitrogen and oxygen atoms in total. The minimum absolute atomic E-state index is 0.0150. The third kappa shape index (κ3) is 6.45. The number of rotatable bonds is 7. The summed E-state index contributed by atoms with van der Waals surface area (Å²) in [6.45, 7) is 2.02. The molecule has 12 heteroatoms. The van der Waals surface area contributed by atoms with Gasteiger partial charge in [-0.25, -0.2) is 15.0 Å². The molecule has 0 atom stereocenters. The van der Waals surface area contributed by atoms with E-state index in [1.165, 1.54) is 6.20 Å². The number of carbonyl (C=O) groups is 1. The molecule has 3 aromatic heterocycles. The van der Waals surface area contributed by atoms with E-state index in [-0.39, 0.29) is 36.0 Å². The molecule has 1 amide bonds. The summed E-state index contributed by atoms with van der Waals surface area (Å²) in [5.41, 5.74) is 14.0. The molecule has 5 aromatic rings. The standard InChI is InChI=1S/C22H19N3O2.C7H11N5O2/c1-3-19-24-18-11-7-10-17(15-12-13-23-20(14-15)27-2)21(18)22(26)25(19)16-8-5-4-6-9-16;8-5-4(3-11-7(9)12-5)6(14)10-1-2-13/h4-14H,3H2,1-2H3;3,13H,1-2H2,(H,10,14)(H4,8,9,11,12). The Labute approximate surface area is 235 Å². The van der Waals surface area contributed by atoms with Crippen molar-refractivity contribution in [1.82, 2.24) is 29.8 Å². The highest BCUT2D eigenvalue weighted by Gasteiger charge is 2.16. The fraction of sp³-hybridized carbons (Fsp3) is 0.172. The predicted molar refractivity (Wildman–Crippen MR) is 157 cm³/mol. The van der Waals surface area contributed by atoms with Gasteiger partial charge in [0.1, 0.15) is 11.6 Å². The monoisotopic (exact) mass is 554 g/mol. The van der Waals surface area contributed by atoms with Crippen LogP contribution in [0.2, 0.25) is 0 Å². The van der Waals surface area contributed by atoms with Crippen LogP contribution >= 0.6 is 0 Å². The lowest BCUT2D eigenvalue weighted by Crippen LogP contribution is -2.27. The van der Waals surface area contributed by atoms with Gasteiger partial charge in [0.05, 0.1) is 35.9 Å².